The third-order valence-corrected chi connectivity index (χ3v) is 4.23. The number of ether oxygens (including phenoxy) is 2. The molecule has 0 N–H and O–H groups in total. The van der Waals surface area contributed by atoms with Crippen molar-refractivity contribution in [2.45, 2.75) is 19.4 Å². The van der Waals surface area contributed by atoms with Crippen molar-refractivity contribution in [1.82, 2.24) is 10.0 Å². The first kappa shape index (κ1) is 15.3. The highest BCUT2D eigenvalue weighted by Crippen LogP contribution is 2.47. The highest BCUT2D eigenvalue weighted by Gasteiger charge is 2.68. The summed E-state index contributed by atoms with van der Waals surface area (Å²) in [5.41, 5.74) is -0.598. The summed E-state index contributed by atoms with van der Waals surface area (Å²) in [4.78, 5) is 36.5. The summed E-state index contributed by atoms with van der Waals surface area (Å²) in [5, 5.41) is 5.28. The van der Waals surface area contributed by atoms with Crippen LogP contribution in [0.2, 0.25) is 0 Å². The number of nitrogens with zero attached hydrogens (tertiary/aromatic N) is 2. The summed E-state index contributed by atoms with van der Waals surface area (Å²) < 4.78 is 9.28. The SMILES string of the molecule is COC(=O)N1C(=O)[C@@](c2ccsc2)(C(C)C)N1C(=O)OC. The molecule has 2 rings (SSSR count). The van der Waals surface area contributed by atoms with Crippen molar-refractivity contribution in [3.63, 3.8) is 0 Å². The second kappa shape index (κ2) is 5.36. The van der Waals surface area contributed by atoms with Crippen LogP contribution in [0.3, 0.4) is 0 Å². The number of hydrogen-bond donors (Lipinski definition) is 0. The van der Waals surface area contributed by atoms with E-state index in [-0.39, 0.29) is 5.92 Å². The normalized spacial score (nSPS) is 21.3. The minimum atomic E-state index is -1.25. The Bertz CT molecular complexity index is 571. The molecule has 2 heterocycles. The fraction of sp³-hybridized carbons (Fsp3) is 0.462. The quantitative estimate of drug-likeness (QED) is 0.836. The zero-order valence-corrected chi connectivity index (χ0v) is 13.0. The molecule has 0 spiro atoms. The predicted molar refractivity (Wildman–Crippen MR) is 74.3 cm³/mol. The molecule has 3 amide bonds. The molecular weight excluding hydrogens is 296 g/mol. The van der Waals surface area contributed by atoms with Crippen LogP contribution in [0.1, 0.15) is 19.4 Å². The molecule has 1 saturated heterocycles. The van der Waals surface area contributed by atoms with Gasteiger partial charge in [0.1, 0.15) is 0 Å². The summed E-state index contributed by atoms with van der Waals surface area (Å²) in [6, 6.07) is 1.76. The van der Waals surface area contributed by atoms with Crippen molar-refractivity contribution in [1.29, 1.82) is 0 Å². The monoisotopic (exact) mass is 312 g/mol. The van der Waals surface area contributed by atoms with E-state index in [4.69, 9.17) is 4.74 Å². The van der Waals surface area contributed by atoms with E-state index in [2.05, 4.69) is 4.74 Å². The van der Waals surface area contributed by atoms with Gasteiger partial charge in [-0.2, -0.15) is 16.3 Å². The largest absolute Gasteiger partial charge is 0.451 e. The van der Waals surface area contributed by atoms with E-state index in [1.807, 2.05) is 5.38 Å². The third kappa shape index (κ3) is 1.90. The number of hydrazine groups is 1. The summed E-state index contributed by atoms with van der Waals surface area (Å²) in [5.74, 6) is -0.757. The van der Waals surface area contributed by atoms with Gasteiger partial charge >= 0.3 is 12.2 Å². The van der Waals surface area contributed by atoms with Gasteiger partial charge < -0.3 is 9.47 Å². The van der Waals surface area contributed by atoms with Crippen molar-refractivity contribution < 1.29 is 23.9 Å². The average Bonchev–Trinajstić information content (AvgIpc) is 2.97. The number of carbonyl (C=O) groups excluding carboxylic acids is 3. The topological polar surface area (TPSA) is 76.2 Å². The fourth-order valence-electron chi connectivity index (χ4n) is 2.57. The maximum Gasteiger partial charge on any atom is 0.436 e. The molecule has 1 aliphatic rings. The lowest BCUT2D eigenvalue weighted by Gasteiger charge is -2.56. The van der Waals surface area contributed by atoms with E-state index < -0.39 is 23.6 Å². The minimum absolute atomic E-state index is 0.250. The Kier molecular flexibility index (Phi) is 3.91. The average molecular weight is 312 g/mol. The Morgan fingerprint density at radius 1 is 1.24 bits per heavy atom. The van der Waals surface area contributed by atoms with Crippen molar-refractivity contribution in [3.05, 3.63) is 22.4 Å². The molecule has 1 aromatic rings. The Morgan fingerprint density at radius 2 is 1.86 bits per heavy atom. The van der Waals surface area contributed by atoms with Crippen LogP contribution < -0.4 is 0 Å². The zero-order chi connectivity index (χ0) is 15.8. The van der Waals surface area contributed by atoms with Gasteiger partial charge in [0.2, 0.25) is 0 Å². The van der Waals surface area contributed by atoms with Gasteiger partial charge in [-0.25, -0.2) is 9.59 Å². The molecule has 1 fully saturated rings. The maximum atomic E-state index is 12.6. The van der Waals surface area contributed by atoms with Crippen LogP contribution in [0.25, 0.3) is 0 Å². The molecule has 1 atom stereocenters. The van der Waals surface area contributed by atoms with Crippen LogP contribution >= 0.6 is 11.3 Å². The Labute approximate surface area is 126 Å². The van der Waals surface area contributed by atoms with E-state index in [0.29, 0.717) is 10.6 Å². The highest BCUT2D eigenvalue weighted by atomic mass is 32.1. The lowest BCUT2D eigenvalue weighted by atomic mass is 9.76. The van der Waals surface area contributed by atoms with E-state index in [1.165, 1.54) is 18.4 Å². The summed E-state index contributed by atoms with van der Waals surface area (Å²) in [6.45, 7) is 3.61. The van der Waals surface area contributed by atoms with Gasteiger partial charge in [0, 0.05) is 5.56 Å². The molecule has 0 bridgehead atoms. The molecule has 1 aromatic heterocycles. The van der Waals surface area contributed by atoms with E-state index in [1.54, 1.807) is 25.3 Å². The van der Waals surface area contributed by atoms with E-state index in [0.717, 1.165) is 12.1 Å². The summed E-state index contributed by atoms with van der Waals surface area (Å²) in [7, 11) is 2.34. The minimum Gasteiger partial charge on any atom is -0.451 e. The number of rotatable bonds is 2. The van der Waals surface area contributed by atoms with E-state index in [9.17, 15) is 14.4 Å². The number of amides is 3. The molecule has 0 radical (unpaired) electrons. The predicted octanol–water partition coefficient (Wildman–Crippen LogP) is 2.19. The Balaban J connectivity index is 2.56. The molecule has 1 aliphatic heterocycles. The molecule has 7 nitrogen and oxygen atoms in total. The van der Waals surface area contributed by atoms with Crippen molar-refractivity contribution >= 4 is 29.4 Å². The standard InChI is InChI=1S/C13H16N2O5S/c1-8(2)13(9-5-6-21-7-9)10(16)14(11(17)19-3)15(13)12(18)20-4/h5-8H,1-4H3/t13-/m0/s1. The van der Waals surface area contributed by atoms with Gasteiger partial charge in [-0.15, -0.1) is 5.01 Å². The van der Waals surface area contributed by atoms with Crippen LogP contribution in [0, 0.1) is 5.92 Å². The maximum absolute atomic E-state index is 12.6. The zero-order valence-electron chi connectivity index (χ0n) is 12.2. The molecule has 0 unspecified atom stereocenters. The van der Waals surface area contributed by atoms with Gasteiger partial charge in [0.05, 0.1) is 14.2 Å². The Morgan fingerprint density at radius 3 is 2.29 bits per heavy atom. The molecule has 21 heavy (non-hydrogen) atoms. The smallest absolute Gasteiger partial charge is 0.436 e. The summed E-state index contributed by atoms with van der Waals surface area (Å²) in [6.07, 6.45) is -1.71. The lowest BCUT2D eigenvalue weighted by Crippen LogP contribution is -2.79. The Hall–Kier alpha value is -2.09. The fourth-order valence-corrected chi connectivity index (χ4v) is 3.28. The van der Waals surface area contributed by atoms with Crippen LogP contribution in [0.4, 0.5) is 9.59 Å². The first-order valence-corrected chi connectivity index (χ1v) is 7.20. The van der Waals surface area contributed by atoms with Crippen LogP contribution in [0.15, 0.2) is 16.8 Å². The molecule has 8 heteroatoms. The molecule has 0 saturated carbocycles. The number of carbonyl (C=O) groups is 3. The van der Waals surface area contributed by atoms with Crippen molar-refractivity contribution in [2.24, 2.45) is 5.92 Å². The van der Waals surface area contributed by atoms with Crippen LogP contribution in [-0.4, -0.2) is 42.3 Å². The van der Waals surface area contributed by atoms with E-state index >= 15 is 0 Å². The van der Waals surface area contributed by atoms with Crippen LogP contribution in [-0.2, 0) is 19.8 Å². The van der Waals surface area contributed by atoms with Gasteiger partial charge in [-0.05, 0) is 22.7 Å². The number of imide groups is 1. The van der Waals surface area contributed by atoms with Gasteiger partial charge in [0.15, 0.2) is 5.54 Å². The second-order valence-corrected chi connectivity index (χ2v) is 5.58. The third-order valence-electron chi connectivity index (χ3n) is 3.54. The first-order valence-electron chi connectivity index (χ1n) is 6.26. The first-order chi connectivity index (χ1) is 9.92. The molecule has 114 valence electrons. The van der Waals surface area contributed by atoms with Crippen LogP contribution in [0.5, 0.6) is 0 Å². The van der Waals surface area contributed by atoms with Crippen molar-refractivity contribution in [3.8, 4) is 0 Å². The molecule has 0 aromatic carbocycles. The number of thiophene rings is 1. The molecule has 0 aliphatic carbocycles. The lowest BCUT2D eigenvalue weighted by molar-refractivity contribution is -0.209. The van der Waals surface area contributed by atoms with Gasteiger partial charge in [-0.1, -0.05) is 13.8 Å². The molecular formula is C13H16N2O5S. The number of methoxy groups -OCH3 is 2. The number of hydrogen-bond acceptors (Lipinski definition) is 6. The van der Waals surface area contributed by atoms with Crippen molar-refractivity contribution in [2.75, 3.05) is 14.2 Å². The summed E-state index contributed by atoms with van der Waals surface area (Å²) >= 11 is 1.41. The van der Waals surface area contributed by atoms with Gasteiger partial charge in [0.25, 0.3) is 5.91 Å². The van der Waals surface area contributed by atoms with Gasteiger partial charge in [-0.3, -0.25) is 4.79 Å². The second-order valence-electron chi connectivity index (χ2n) is 4.80. The highest BCUT2D eigenvalue weighted by molar-refractivity contribution is 7.08.